The van der Waals surface area contributed by atoms with E-state index in [1.165, 1.54) is 19.2 Å². The van der Waals surface area contributed by atoms with Gasteiger partial charge < -0.3 is 14.2 Å². The predicted molar refractivity (Wildman–Crippen MR) is 106 cm³/mol. The summed E-state index contributed by atoms with van der Waals surface area (Å²) in [5.41, 5.74) is 0.639. The molecule has 154 valence electrons. The smallest absolute Gasteiger partial charge is 0.308 e. The van der Waals surface area contributed by atoms with Crippen molar-refractivity contribution in [3.63, 3.8) is 0 Å². The monoisotopic (exact) mass is 420 g/mol. The highest BCUT2D eigenvalue weighted by atomic mass is 35.5. The zero-order valence-electron chi connectivity index (χ0n) is 16.7. The third kappa shape index (κ3) is 4.37. The van der Waals surface area contributed by atoms with Gasteiger partial charge in [0.15, 0.2) is 17.2 Å². The third-order valence-electron chi connectivity index (χ3n) is 4.80. The van der Waals surface area contributed by atoms with Gasteiger partial charge in [-0.25, -0.2) is 4.39 Å². The molecule has 7 heteroatoms. The van der Waals surface area contributed by atoms with Gasteiger partial charge >= 0.3 is 5.97 Å². The van der Waals surface area contributed by atoms with Crippen molar-refractivity contribution >= 4 is 23.4 Å². The van der Waals surface area contributed by atoms with Crippen LogP contribution in [0.25, 0.3) is 0 Å². The van der Waals surface area contributed by atoms with E-state index in [2.05, 4.69) is 0 Å². The summed E-state index contributed by atoms with van der Waals surface area (Å²) in [5, 5.41) is 0.379. The number of halogens is 2. The SMILES string of the molecule is COC(=O)C(C)Cc1ccc(OCc2cc(Cl)cc3c2OC(C)(C)C3=O)c(F)c1. The first-order chi connectivity index (χ1) is 13.6. The molecule has 29 heavy (non-hydrogen) atoms. The first-order valence-corrected chi connectivity index (χ1v) is 9.55. The van der Waals surface area contributed by atoms with E-state index in [0.29, 0.717) is 33.9 Å². The molecule has 3 rings (SSSR count). The van der Waals surface area contributed by atoms with E-state index in [1.54, 1.807) is 39.0 Å². The number of methoxy groups -OCH3 is 1. The van der Waals surface area contributed by atoms with E-state index < -0.39 is 11.4 Å². The molecule has 0 spiro atoms. The van der Waals surface area contributed by atoms with Gasteiger partial charge in [0.05, 0.1) is 18.6 Å². The summed E-state index contributed by atoms with van der Waals surface area (Å²) in [6.07, 6.45) is 0.358. The summed E-state index contributed by atoms with van der Waals surface area (Å²) in [5.74, 6) is -0.969. The largest absolute Gasteiger partial charge is 0.486 e. The summed E-state index contributed by atoms with van der Waals surface area (Å²) >= 11 is 6.13. The van der Waals surface area contributed by atoms with Gasteiger partial charge in [0.25, 0.3) is 0 Å². The Bertz CT molecular complexity index is 970. The first kappa shape index (κ1) is 21.1. The highest BCUT2D eigenvalue weighted by Gasteiger charge is 2.41. The van der Waals surface area contributed by atoms with E-state index in [1.807, 2.05) is 0 Å². The minimum Gasteiger partial charge on any atom is -0.486 e. The lowest BCUT2D eigenvalue weighted by molar-refractivity contribution is -0.144. The molecule has 0 saturated carbocycles. The second kappa shape index (κ2) is 8.03. The normalized spacial score (nSPS) is 15.4. The van der Waals surface area contributed by atoms with Crippen LogP contribution in [0.1, 0.15) is 42.3 Å². The molecule has 0 N–H and O–H groups in total. The molecule has 0 bridgehead atoms. The van der Waals surface area contributed by atoms with Crippen LogP contribution in [0.5, 0.6) is 11.5 Å². The number of fused-ring (bicyclic) bond motifs is 1. The molecule has 0 radical (unpaired) electrons. The molecule has 0 amide bonds. The van der Waals surface area contributed by atoms with Crippen molar-refractivity contribution in [1.29, 1.82) is 0 Å². The average molecular weight is 421 g/mol. The number of ketones is 1. The van der Waals surface area contributed by atoms with E-state index in [-0.39, 0.29) is 30.0 Å². The van der Waals surface area contributed by atoms with Crippen LogP contribution < -0.4 is 9.47 Å². The van der Waals surface area contributed by atoms with Crippen LogP contribution in [0.4, 0.5) is 4.39 Å². The summed E-state index contributed by atoms with van der Waals surface area (Å²) in [6.45, 7) is 5.07. The van der Waals surface area contributed by atoms with E-state index in [9.17, 15) is 14.0 Å². The van der Waals surface area contributed by atoms with Crippen LogP contribution in [0.3, 0.4) is 0 Å². The van der Waals surface area contributed by atoms with Crippen LogP contribution in [0.15, 0.2) is 30.3 Å². The van der Waals surface area contributed by atoms with Crippen molar-refractivity contribution in [3.8, 4) is 11.5 Å². The Kier molecular flexibility index (Phi) is 5.85. The lowest BCUT2D eigenvalue weighted by Crippen LogP contribution is -2.32. The van der Waals surface area contributed by atoms with Crippen LogP contribution in [0, 0.1) is 11.7 Å². The van der Waals surface area contributed by atoms with E-state index in [0.717, 1.165) is 0 Å². The highest BCUT2D eigenvalue weighted by Crippen LogP contribution is 2.40. The highest BCUT2D eigenvalue weighted by molar-refractivity contribution is 6.31. The molecule has 0 aromatic heterocycles. The molecule has 1 heterocycles. The summed E-state index contributed by atoms with van der Waals surface area (Å²) in [4.78, 5) is 24.0. The zero-order valence-corrected chi connectivity index (χ0v) is 17.4. The Hall–Kier alpha value is -2.60. The molecule has 1 atom stereocenters. The Morgan fingerprint density at radius 1 is 1.28 bits per heavy atom. The molecular formula is C22H22ClFO5. The van der Waals surface area contributed by atoms with Crippen molar-refractivity contribution in [2.45, 2.75) is 39.4 Å². The summed E-state index contributed by atoms with van der Waals surface area (Å²) in [7, 11) is 1.32. The standard InChI is InChI=1S/C22H22ClFO5/c1-12(21(26)27-4)7-13-5-6-18(17(24)8-13)28-11-14-9-15(23)10-16-19(14)29-22(2,3)20(16)25/h5-6,8-10,12H,7,11H2,1-4H3. The van der Waals surface area contributed by atoms with Gasteiger partial charge in [0.1, 0.15) is 12.4 Å². The lowest BCUT2D eigenvalue weighted by Gasteiger charge is -2.17. The molecule has 1 aliphatic heterocycles. The van der Waals surface area contributed by atoms with Crippen molar-refractivity contribution in [2.24, 2.45) is 5.92 Å². The van der Waals surface area contributed by atoms with Gasteiger partial charge in [-0.15, -0.1) is 0 Å². The van der Waals surface area contributed by atoms with Crippen LogP contribution in [-0.2, 0) is 22.6 Å². The Balaban J connectivity index is 1.76. The second-order valence-corrected chi connectivity index (χ2v) is 8.00. The number of carbonyl (C=O) groups excluding carboxylic acids is 2. The van der Waals surface area contributed by atoms with Crippen LogP contribution >= 0.6 is 11.6 Å². The number of benzene rings is 2. The number of carbonyl (C=O) groups is 2. The molecule has 2 aromatic rings. The van der Waals surface area contributed by atoms with E-state index >= 15 is 0 Å². The Morgan fingerprint density at radius 2 is 2.00 bits per heavy atom. The molecule has 5 nitrogen and oxygen atoms in total. The Labute approximate surface area is 173 Å². The fourth-order valence-electron chi connectivity index (χ4n) is 3.25. The number of Topliss-reactive ketones (excluding diaryl/α,β-unsaturated/α-hetero) is 1. The van der Waals surface area contributed by atoms with Gasteiger partial charge in [-0.05, 0) is 50.1 Å². The molecular weight excluding hydrogens is 399 g/mol. The molecule has 0 saturated heterocycles. The topological polar surface area (TPSA) is 61.8 Å². The maximum Gasteiger partial charge on any atom is 0.308 e. The molecule has 2 aromatic carbocycles. The Morgan fingerprint density at radius 3 is 2.66 bits per heavy atom. The number of hydrogen-bond acceptors (Lipinski definition) is 5. The van der Waals surface area contributed by atoms with Gasteiger partial charge in [-0.1, -0.05) is 24.6 Å². The first-order valence-electron chi connectivity index (χ1n) is 9.17. The third-order valence-corrected chi connectivity index (χ3v) is 5.02. The zero-order chi connectivity index (χ0) is 21.3. The predicted octanol–water partition coefficient (Wildman–Crippen LogP) is 4.76. The quantitative estimate of drug-likeness (QED) is 0.630. The maximum atomic E-state index is 14.5. The molecule has 1 unspecified atom stereocenters. The van der Waals surface area contributed by atoms with E-state index in [4.69, 9.17) is 25.8 Å². The fraction of sp³-hybridized carbons (Fsp3) is 0.364. The van der Waals surface area contributed by atoms with Crippen LogP contribution in [-0.4, -0.2) is 24.5 Å². The average Bonchev–Trinajstić information content (AvgIpc) is 2.89. The number of ether oxygens (including phenoxy) is 3. The second-order valence-electron chi connectivity index (χ2n) is 7.56. The molecule has 1 aliphatic rings. The van der Waals surface area contributed by atoms with Crippen molar-refractivity contribution in [1.82, 2.24) is 0 Å². The number of rotatable bonds is 6. The molecule has 0 aliphatic carbocycles. The summed E-state index contributed by atoms with van der Waals surface area (Å²) < 4.78 is 30.6. The van der Waals surface area contributed by atoms with Crippen molar-refractivity contribution in [3.05, 3.63) is 57.9 Å². The van der Waals surface area contributed by atoms with Gasteiger partial charge in [0, 0.05) is 10.6 Å². The molecule has 0 fully saturated rings. The van der Waals surface area contributed by atoms with Crippen molar-refractivity contribution in [2.75, 3.05) is 7.11 Å². The van der Waals surface area contributed by atoms with Crippen molar-refractivity contribution < 1.29 is 28.2 Å². The maximum absolute atomic E-state index is 14.5. The minimum absolute atomic E-state index is 0.0128. The number of hydrogen-bond donors (Lipinski definition) is 0. The lowest BCUT2D eigenvalue weighted by atomic mass is 9.99. The summed E-state index contributed by atoms with van der Waals surface area (Å²) in [6, 6.07) is 7.74. The van der Waals surface area contributed by atoms with Gasteiger partial charge in [-0.3, -0.25) is 9.59 Å². The number of esters is 1. The fourth-order valence-corrected chi connectivity index (χ4v) is 3.50. The van der Waals surface area contributed by atoms with Gasteiger partial charge in [-0.2, -0.15) is 0 Å². The minimum atomic E-state index is -0.981. The van der Waals surface area contributed by atoms with Crippen LogP contribution in [0.2, 0.25) is 5.02 Å². The van der Waals surface area contributed by atoms with Gasteiger partial charge in [0.2, 0.25) is 5.78 Å².